The topological polar surface area (TPSA) is 125 Å². The first-order valence-corrected chi connectivity index (χ1v) is 10.2. The normalized spacial score (nSPS) is 20.3. The van der Waals surface area contributed by atoms with E-state index in [0.717, 1.165) is 31.8 Å². The minimum absolute atomic E-state index is 0.284. The van der Waals surface area contributed by atoms with Crippen molar-refractivity contribution in [3.63, 3.8) is 0 Å². The van der Waals surface area contributed by atoms with E-state index in [4.69, 9.17) is 24.5 Å². The first-order chi connectivity index (χ1) is 16.1. The molecule has 3 heterocycles. The summed E-state index contributed by atoms with van der Waals surface area (Å²) in [6, 6.07) is 0.818. The number of piperidine rings is 1. The molecule has 3 rings (SSSR count). The summed E-state index contributed by atoms with van der Waals surface area (Å²) in [5.41, 5.74) is 0. The number of ether oxygens (including phenoxy) is 1. The van der Waals surface area contributed by atoms with Gasteiger partial charge in [0.1, 0.15) is 5.82 Å². The summed E-state index contributed by atoms with van der Waals surface area (Å²) in [6.07, 6.45) is -3.65. The van der Waals surface area contributed by atoms with E-state index in [0.29, 0.717) is 31.7 Å². The van der Waals surface area contributed by atoms with E-state index < -0.39 is 24.3 Å². The van der Waals surface area contributed by atoms with Crippen molar-refractivity contribution < 1.29 is 55.7 Å². The highest BCUT2D eigenvalue weighted by Crippen LogP contribution is 2.32. The predicted molar refractivity (Wildman–Crippen MR) is 106 cm³/mol. The van der Waals surface area contributed by atoms with Gasteiger partial charge in [0, 0.05) is 58.1 Å². The Morgan fingerprint density at radius 1 is 1.09 bits per heavy atom. The number of aliphatic carboxylic acids is 2. The van der Waals surface area contributed by atoms with Gasteiger partial charge in [-0.05, 0) is 12.8 Å². The second-order valence-electron chi connectivity index (χ2n) is 7.57. The second kappa shape index (κ2) is 12.7. The van der Waals surface area contributed by atoms with E-state index >= 15 is 0 Å². The number of carbonyl (C=O) groups is 3. The number of carbonyl (C=O) groups excluding carboxylic acids is 1. The number of nitrogens with zero attached hydrogens (tertiary/aromatic N) is 4. The number of fused-ring (bicyclic) bond motifs is 1. The van der Waals surface area contributed by atoms with Crippen molar-refractivity contribution >= 4 is 17.8 Å². The summed E-state index contributed by atoms with van der Waals surface area (Å²) in [5.74, 6) is -4.14. The highest BCUT2D eigenvalue weighted by Gasteiger charge is 2.43. The van der Waals surface area contributed by atoms with Gasteiger partial charge in [0.25, 0.3) is 0 Å². The number of rotatable bonds is 5. The number of aryl methyl sites for hydroxylation is 1. The van der Waals surface area contributed by atoms with Gasteiger partial charge >= 0.3 is 24.3 Å². The Labute approximate surface area is 196 Å². The molecule has 16 heteroatoms. The Balaban J connectivity index is 0.000000362. The fourth-order valence-electron chi connectivity index (χ4n) is 3.65. The number of alkyl halides is 6. The highest BCUT2D eigenvalue weighted by molar-refractivity contribution is 5.77. The monoisotopic (exact) mass is 520 g/mol. The van der Waals surface area contributed by atoms with E-state index in [-0.39, 0.29) is 5.91 Å². The molecule has 1 amide bonds. The van der Waals surface area contributed by atoms with Gasteiger partial charge in [0.05, 0.1) is 13.2 Å². The van der Waals surface area contributed by atoms with Gasteiger partial charge in [-0.1, -0.05) is 0 Å². The van der Waals surface area contributed by atoms with Crippen molar-refractivity contribution in [1.82, 2.24) is 19.4 Å². The summed E-state index contributed by atoms with van der Waals surface area (Å²) in [5, 5.41) is 14.2. The molecule has 2 fully saturated rings. The number of carboxylic acid groups (broad SMARTS) is 2. The van der Waals surface area contributed by atoms with E-state index in [9.17, 15) is 31.1 Å². The van der Waals surface area contributed by atoms with E-state index in [1.807, 2.05) is 24.3 Å². The SMILES string of the molecule is COCCN1C(=O)CC[C@@H]2[C@H]1CCN2Cc1nccn1C.O=C(O)C(F)(F)F.O=C(O)C(F)(F)F. The molecular weight excluding hydrogens is 494 g/mol. The molecule has 0 saturated carbocycles. The van der Waals surface area contributed by atoms with Crippen molar-refractivity contribution in [2.75, 3.05) is 26.8 Å². The van der Waals surface area contributed by atoms with Crippen LogP contribution in [-0.2, 0) is 32.7 Å². The fraction of sp³-hybridized carbons (Fsp3) is 0.684. The molecule has 1 aromatic rings. The lowest BCUT2D eigenvalue weighted by Gasteiger charge is -2.39. The number of hydrogen-bond donors (Lipinski definition) is 2. The molecule has 10 nitrogen and oxygen atoms in total. The van der Waals surface area contributed by atoms with Crippen molar-refractivity contribution in [2.24, 2.45) is 7.05 Å². The molecule has 0 radical (unpaired) electrons. The minimum atomic E-state index is -5.08. The van der Waals surface area contributed by atoms with Crippen molar-refractivity contribution in [2.45, 2.75) is 50.2 Å². The fourth-order valence-corrected chi connectivity index (χ4v) is 3.65. The van der Waals surface area contributed by atoms with Crippen molar-refractivity contribution in [3.05, 3.63) is 18.2 Å². The van der Waals surface area contributed by atoms with Crippen LogP contribution < -0.4 is 0 Å². The summed E-state index contributed by atoms with van der Waals surface area (Å²) in [6.45, 7) is 3.25. The van der Waals surface area contributed by atoms with Crippen LogP contribution in [0.4, 0.5) is 26.3 Å². The summed E-state index contributed by atoms with van der Waals surface area (Å²) in [4.78, 5) is 38.9. The summed E-state index contributed by atoms with van der Waals surface area (Å²) < 4.78 is 70.7. The van der Waals surface area contributed by atoms with Crippen LogP contribution in [0.3, 0.4) is 0 Å². The zero-order chi connectivity index (χ0) is 27.0. The van der Waals surface area contributed by atoms with Crippen molar-refractivity contribution in [3.8, 4) is 0 Å². The first kappa shape index (κ1) is 30.2. The number of halogens is 6. The lowest BCUT2D eigenvalue weighted by Crippen LogP contribution is -2.53. The second-order valence-corrected chi connectivity index (χ2v) is 7.57. The van der Waals surface area contributed by atoms with E-state index in [1.165, 1.54) is 0 Å². The Morgan fingerprint density at radius 2 is 1.63 bits per heavy atom. The maximum Gasteiger partial charge on any atom is 0.490 e. The van der Waals surface area contributed by atoms with Gasteiger partial charge in [-0.2, -0.15) is 26.3 Å². The molecule has 200 valence electrons. The molecule has 2 atom stereocenters. The Kier molecular flexibility index (Phi) is 11.0. The Hall–Kier alpha value is -2.88. The molecule has 2 aliphatic heterocycles. The summed E-state index contributed by atoms with van der Waals surface area (Å²) in [7, 11) is 3.72. The predicted octanol–water partition coefficient (Wildman–Crippen LogP) is 1.90. The smallest absolute Gasteiger partial charge is 0.475 e. The van der Waals surface area contributed by atoms with Gasteiger partial charge in [-0.3, -0.25) is 9.69 Å². The molecule has 0 aromatic carbocycles. The largest absolute Gasteiger partial charge is 0.490 e. The van der Waals surface area contributed by atoms with Gasteiger partial charge < -0.3 is 24.4 Å². The molecular formula is C19H26F6N4O6. The molecule has 0 bridgehead atoms. The van der Waals surface area contributed by atoms with Crippen LogP contribution >= 0.6 is 0 Å². The molecule has 2 saturated heterocycles. The number of imidazole rings is 1. The number of aromatic nitrogens is 2. The molecule has 0 aliphatic carbocycles. The van der Waals surface area contributed by atoms with Gasteiger partial charge in [-0.15, -0.1) is 0 Å². The van der Waals surface area contributed by atoms with Crippen LogP contribution in [0.15, 0.2) is 12.4 Å². The third-order valence-electron chi connectivity index (χ3n) is 5.29. The number of hydrogen-bond acceptors (Lipinski definition) is 6. The third kappa shape index (κ3) is 9.35. The van der Waals surface area contributed by atoms with Crippen LogP contribution in [0.1, 0.15) is 25.1 Å². The van der Waals surface area contributed by atoms with Crippen LogP contribution in [0.2, 0.25) is 0 Å². The third-order valence-corrected chi connectivity index (χ3v) is 5.29. The standard InChI is InChI=1S/C15H24N4O2.2C2HF3O2/c1-17-8-6-16-14(17)11-18-7-5-13-12(18)3-4-15(20)19(13)9-10-21-2;2*3-2(4,5)1(6)7/h6,8,12-13H,3-5,7,9-11H2,1-2H3;2*(H,6,7)/t12-,13-;;/m1../s1. The quantitative estimate of drug-likeness (QED) is 0.565. The maximum absolute atomic E-state index is 12.2. The molecule has 0 spiro atoms. The van der Waals surface area contributed by atoms with Gasteiger partial charge in [0.15, 0.2) is 0 Å². The first-order valence-electron chi connectivity index (χ1n) is 10.2. The van der Waals surface area contributed by atoms with Gasteiger partial charge in [0.2, 0.25) is 5.91 Å². The summed E-state index contributed by atoms with van der Waals surface area (Å²) >= 11 is 0. The van der Waals surface area contributed by atoms with E-state index in [2.05, 4.69) is 14.5 Å². The lowest BCUT2D eigenvalue weighted by atomic mass is 9.96. The van der Waals surface area contributed by atoms with E-state index in [1.54, 1.807) is 7.11 Å². The zero-order valence-electron chi connectivity index (χ0n) is 18.8. The van der Waals surface area contributed by atoms with Crippen LogP contribution in [0.25, 0.3) is 0 Å². The average molecular weight is 520 g/mol. The number of likely N-dealkylation sites (tertiary alicyclic amines) is 2. The number of amides is 1. The maximum atomic E-state index is 12.2. The number of carboxylic acids is 2. The molecule has 2 N–H and O–H groups in total. The van der Waals surface area contributed by atoms with Crippen LogP contribution in [0, 0.1) is 0 Å². The average Bonchev–Trinajstić information content (AvgIpc) is 3.33. The Morgan fingerprint density at radius 3 is 2.06 bits per heavy atom. The Bertz CT molecular complexity index is 836. The molecule has 0 unspecified atom stereocenters. The van der Waals surface area contributed by atoms with Gasteiger partial charge in [-0.25, -0.2) is 14.6 Å². The highest BCUT2D eigenvalue weighted by atomic mass is 19.4. The molecule has 35 heavy (non-hydrogen) atoms. The van der Waals surface area contributed by atoms with Crippen LogP contribution in [0.5, 0.6) is 0 Å². The number of methoxy groups -OCH3 is 1. The molecule has 1 aromatic heterocycles. The lowest BCUT2D eigenvalue weighted by molar-refractivity contribution is -0.193. The minimum Gasteiger partial charge on any atom is -0.475 e. The zero-order valence-corrected chi connectivity index (χ0v) is 18.8. The molecule has 2 aliphatic rings. The van der Waals surface area contributed by atoms with Crippen LogP contribution in [-0.4, -0.2) is 98.7 Å². The van der Waals surface area contributed by atoms with Crippen molar-refractivity contribution in [1.29, 1.82) is 0 Å².